The summed E-state index contributed by atoms with van der Waals surface area (Å²) < 4.78 is 5.00. The van der Waals surface area contributed by atoms with Gasteiger partial charge in [-0.25, -0.2) is 0 Å². The van der Waals surface area contributed by atoms with Crippen LogP contribution in [0, 0.1) is 0 Å². The fourth-order valence-corrected chi connectivity index (χ4v) is 1.33. The molecule has 0 aromatic carbocycles. The zero-order chi connectivity index (χ0) is 11.2. The molecule has 0 unspecified atom stereocenters. The van der Waals surface area contributed by atoms with Crippen LogP contribution in [0.2, 0.25) is 0 Å². The van der Waals surface area contributed by atoms with Crippen LogP contribution in [0.25, 0.3) is 0 Å². The molecule has 0 bridgehead atoms. The highest BCUT2D eigenvalue weighted by atomic mass is 16.5. The molecule has 2 heteroatoms. The maximum atomic E-state index is 5.00. The van der Waals surface area contributed by atoms with E-state index in [9.17, 15) is 0 Å². The molecule has 14 heavy (non-hydrogen) atoms. The van der Waals surface area contributed by atoms with E-state index in [0.29, 0.717) is 0 Å². The predicted molar refractivity (Wildman–Crippen MR) is 64.9 cm³/mol. The molecule has 0 aromatic heterocycles. The minimum atomic E-state index is 0.906. The summed E-state index contributed by atoms with van der Waals surface area (Å²) in [7, 11) is 1.77. The summed E-state index contributed by atoms with van der Waals surface area (Å²) in [6.45, 7) is 13.0. The lowest BCUT2D eigenvalue weighted by atomic mass is 10.3. The largest absolute Gasteiger partial charge is 0.385 e. The molecule has 0 rings (SSSR count). The molecule has 0 atom stereocenters. The van der Waals surface area contributed by atoms with Gasteiger partial charge in [-0.05, 0) is 38.9 Å². The molecule has 0 saturated carbocycles. The molecule has 2 nitrogen and oxygen atoms in total. The normalized spacial score (nSPS) is 9.86. The summed E-state index contributed by atoms with van der Waals surface area (Å²) in [5.41, 5.74) is 0. The molecule has 0 N–H and O–H groups in total. The third-order valence-corrected chi connectivity index (χ3v) is 2.06. The molecule has 0 spiro atoms. The first-order chi connectivity index (χ1) is 6.85. The predicted octanol–water partition coefficient (Wildman–Crippen LogP) is 3.17. The number of ether oxygens (including phenoxy) is 1. The Balaban J connectivity index is 0. The lowest BCUT2D eigenvalue weighted by molar-refractivity contribution is 0.184. The number of nitrogens with zero attached hydrogens (tertiary/aromatic N) is 1. The minimum Gasteiger partial charge on any atom is -0.385 e. The maximum Gasteiger partial charge on any atom is 0.0462 e. The van der Waals surface area contributed by atoms with Crippen LogP contribution in [-0.4, -0.2) is 38.3 Å². The Bertz CT molecular complexity index is 86.4. The van der Waals surface area contributed by atoms with E-state index in [4.69, 9.17) is 4.74 Å². The number of methoxy groups -OCH3 is 1. The fraction of sp³-hybridized carbons (Fsp3) is 1.00. The SMILES string of the molecule is CC.CCCN(CC)CCCCOC. The van der Waals surface area contributed by atoms with E-state index in [-0.39, 0.29) is 0 Å². The van der Waals surface area contributed by atoms with Crippen molar-refractivity contribution in [1.82, 2.24) is 4.90 Å². The zero-order valence-electron chi connectivity index (χ0n) is 10.8. The van der Waals surface area contributed by atoms with E-state index in [2.05, 4.69) is 18.7 Å². The van der Waals surface area contributed by atoms with Gasteiger partial charge in [0.05, 0.1) is 0 Å². The van der Waals surface area contributed by atoms with Crippen LogP contribution in [0.4, 0.5) is 0 Å². The molecule has 0 amide bonds. The maximum absolute atomic E-state index is 5.00. The third kappa shape index (κ3) is 11.9. The second-order valence-electron chi connectivity index (χ2n) is 3.13. The molecule has 0 saturated heterocycles. The molecule has 0 aliphatic heterocycles. The lowest BCUT2D eigenvalue weighted by Gasteiger charge is -2.18. The van der Waals surface area contributed by atoms with Crippen molar-refractivity contribution in [2.24, 2.45) is 0 Å². The van der Waals surface area contributed by atoms with Crippen molar-refractivity contribution in [3.05, 3.63) is 0 Å². The van der Waals surface area contributed by atoms with Crippen LogP contribution >= 0.6 is 0 Å². The monoisotopic (exact) mass is 203 g/mol. The molecule has 88 valence electrons. The molecular formula is C12H29NO. The highest BCUT2D eigenvalue weighted by Crippen LogP contribution is 1.96. The molecule has 0 aromatic rings. The third-order valence-electron chi connectivity index (χ3n) is 2.06. The van der Waals surface area contributed by atoms with E-state index in [1.54, 1.807) is 7.11 Å². The van der Waals surface area contributed by atoms with Crippen molar-refractivity contribution < 1.29 is 4.74 Å². The van der Waals surface area contributed by atoms with Crippen molar-refractivity contribution >= 4 is 0 Å². The second kappa shape index (κ2) is 15.4. The Kier molecular flexibility index (Phi) is 18.0. The van der Waals surface area contributed by atoms with E-state index in [1.807, 2.05) is 13.8 Å². The Labute approximate surface area is 90.6 Å². The molecule has 0 aliphatic rings. The second-order valence-corrected chi connectivity index (χ2v) is 3.13. The molecule has 0 radical (unpaired) electrons. The first-order valence-corrected chi connectivity index (χ1v) is 6.06. The van der Waals surface area contributed by atoms with Crippen LogP contribution in [0.5, 0.6) is 0 Å². The molecule has 0 aliphatic carbocycles. The number of hydrogen-bond donors (Lipinski definition) is 0. The van der Waals surface area contributed by atoms with Crippen LogP contribution < -0.4 is 0 Å². The molecular weight excluding hydrogens is 174 g/mol. The van der Waals surface area contributed by atoms with Gasteiger partial charge in [-0.2, -0.15) is 0 Å². The first kappa shape index (κ1) is 16.4. The van der Waals surface area contributed by atoms with Gasteiger partial charge in [0, 0.05) is 13.7 Å². The smallest absolute Gasteiger partial charge is 0.0462 e. The van der Waals surface area contributed by atoms with Gasteiger partial charge in [0.15, 0.2) is 0 Å². The standard InChI is InChI=1S/C10H23NO.C2H6/c1-4-8-11(5-2)9-6-7-10-12-3;1-2/h4-10H2,1-3H3;1-2H3. The van der Waals surface area contributed by atoms with Crippen LogP contribution in [0.1, 0.15) is 47.0 Å². The van der Waals surface area contributed by atoms with Gasteiger partial charge in [0.2, 0.25) is 0 Å². The van der Waals surface area contributed by atoms with Crippen molar-refractivity contribution in [2.75, 3.05) is 33.4 Å². The van der Waals surface area contributed by atoms with Crippen LogP contribution in [-0.2, 0) is 4.74 Å². The van der Waals surface area contributed by atoms with Gasteiger partial charge in [0.1, 0.15) is 0 Å². The quantitative estimate of drug-likeness (QED) is 0.562. The Hall–Kier alpha value is -0.0800. The van der Waals surface area contributed by atoms with Gasteiger partial charge in [0.25, 0.3) is 0 Å². The van der Waals surface area contributed by atoms with Crippen molar-refractivity contribution in [3.8, 4) is 0 Å². The van der Waals surface area contributed by atoms with Gasteiger partial charge in [-0.15, -0.1) is 0 Å². The fourth-order valence-electron chi connectivity index (χ4n) is 1.33. The average Bonchev–Trinajstić information content (AvgIpc) is 2.25. The van der Waals surface area contributed by atoms with Gasteiger partial charge in [-0.1, -0.05) is 27.7 Å². The Morgan fingerprint density at radius 1 is 1.00 bits per heavy atom. The van der Waals surface area contributed by atoms with Crippen molar-refractivity contribution in [3.63, 3.8) is 0 Å². The highest BCUT2D eigenvalue weighted by molar-refractivity contribution is 4.53. The average molecular weight is 203 g/mol. The van der Waals surface area contributed by atoms with Crippen LogP contribution in [0.15, 0.2) is 0 Å². The summed E-state index contributed by atoms with van der Waals surface area (Å²) in [5, 5.41) is 0. The number of rotatable bonds is 8. The number of hydrogen-bond acceptors (Lipinski definition) is 2. The van der Waals surface area contributed by atoms with Gasteiger partial charge < -0.3 is 9.64 Å². The van der Waals surface area contributed by atoms with E-state index in [1.165, 1.54) is 38.9 Å². The summed E-state index contributed by atoms with van der Waals surface area (Å²) in [4.78, 5) is 2.50. The van der Waals surface area contributed by atoms with E-state index >= 15 is 0 Å². The van der Waals surface area contributed by atoms with Crippen molar-refractivity contribution in [2.45, 2.75) is 47.0 Å². The lowest BCUT2D eigenvalue weighted by Crippen LogP contribution is -2.25. The highest BCUT2D eigenvalue weighted by Gasteiger charge is 1.98. The Morgan fingerprint density at radius 2 is 1.64 bits per heavy atom. The summed E-state index contributed by atoms with van der Waals surface area (Å²) in [5.74, 6) is 0. The number of unbranched alkanes of at least 4 members (excludes halogenated alkanes) is 1. The van der Waals surface area contributed by atoms with E-state index in [0.717, 1.165) is 6.61 Å². The zero-order valence-corrected chi connectivity index (χ0v) is 10.8. The summed E-state index contributed by atoms with van der Waals surface area (Å²) in [6.07, 6.45) is 3.72. The summed E-state index contributed by atoms with van der Waals surface area (Å²) in [6, 6.07) is 0. The minimum absolute atomic E-state index is 0.906. The molecule has 0 fully saturated rings. The van der Waals surface area contributed by atoms with E-state index < -0.39 is 0 Å². The van der Waals surface area contributed by atoms with Crippen molar-refractivity contribution in [1.29, 1.82) is 0 Å². The molecule has 0 heterocycles. The first-order valence-electron chi connectivity index (χ1n) is 6.06. The Morgan fingerprint density at radius 3 is 2.07 bits per heavy atom. The topological polar surface area (TPSA) is 12.5 Å². The van der Waals surface area contributed by atoms with Crippen LogP contribution in [0.3, 0.4) is 0 Å². The van der Waals surface area contributed by atoms with Gasteiger partial charge in [-0.3, -0.25) is 0 Å². The summed E-state index contributed by atoms with van der Waals surface area (Å²) >= 11 is 0. The van der Waals surface area contributed by atoms with Gasteiger partial charge >= 0.3 is 0 Å².